The van der Waals surface area contributed by atoms with Crippen LogP contribution < -0.4 is 53.6 Å². The van der Waals surface area contributed by atoms with Gasteiger partial charge in [0.25, 0.3) is 0 Å². The van der Waals surface area contributed by atoms with Gasteiger partial charge in [-0.25, -0.2) is 9.59 Å². The van der Waals surface area contributed by atoms with E-state index in [0.717, 1.165) is 22.4 Å². The predicted octanol–water partition coefficient (Wildman–Crippen LogP) is 2.51. The molecule has 0 aliphatic carbocycles. The average Bonchev–Trinajstić information content (AvgIpc) is 3.75. The van der Waals surface area contributed by atoms with Crippen LogP contribution >= 0.6 is 0 Å². The molecule has 0 saturated carbocycles. The zero-order valence-corrected chi connectivity index (χ0v) is 40.6. The number of hydrogen-bond donors (Lipinski definition) is 11. The summed E-state index contributed by atoms with van der Waals surface area (Å²) in [6, 6.07) is 19.4. The fourth-order valence-electron chi connectivity index (χ4n) is 7.18. The molecule has 0 bridgehead atoms. The molecule has 0 spiro atoms. The Morgan fingerprint density at radius 3 is 1.97 bits per heavy atom. The summed E-state index contributed by atoms with van der Waals surface area (Å²) < 4.78 is 5.16. The summed E-state index contributed by atoms with van der Waals surface area (Å²) in [5.74, 6) is -1.57. The minimum absolute atomic E-state index is 0.00109. The van der Waals surface area contributed by atoms with Gasteiger partial charge in [-0.1, -0.05) is 55.5 Å². The van der Waals surface area contributed by atoms with Crippen molar-refractivity contribution >= 4 is 53.3 Å². The van der Waals surface area contributed by atoms with Crippen molar-refractivity contribution in [2.75, 3.05) is 51.1 Å². The van der Waals surface area contributed by atoms with Crippen LogP contribution in [0.15, 0.2) is 77.8 Å². The number of hydrogen-bond acceptors (Lipinski definition) is 11. The Morgan fingerprint density at radius 2 is 1.31 bits per heavy atom. The van der Waals surface area contributed by atoms with Gasteiger partial charge < -0.3 is 63.4 Å². The van der Waals surface area contributed by atoms with Crippen LogP contribution in [0.1, 0.15) is 94.5 Å². The van der Waals surface area contributed by atoms with Crippen LogP contribution in [0.2, 0.25) is 0 Å². The van der Waals surface area contributed by atoms with Gasteiger partial charge in [0.05, 0.1) is 0 Å². The van der Waals surface area contributed by atoms with Crippen molar-refractivity contribution in [1.29, 1.82) is 0 Å². The Labute approximate surface area is 409 Å². The molecule has 0 aromatic heterocycles. The Kier molecular flexibility index (Phi) is 22.7. The molecule has 2 atom stereocenters. The van der Waals surface area contributed by atoms with E-state index in [4.69, 9.17) is 10.5 Å². The molecule has 1 aliphatic heterocycles. The smallest absolute Gasteiger partial charge is 0.407 e. The van der Waals surface area contributed by atoms with Crippen LogP contribution in [0.25, 0.3) is 0 Å². The lowest BCUT2D eigenvalue weighted by Gasteiger charge is -2.29. The van der Waals surface area contributed by atoms with Crippen LogP contribution in [-0.4, -0.2) is 115 Å². The molecular formula is C49H70N12O9. The highest BCUT2D eigenvalue weighted by Crippen LogP contribution is 2.33. The number of aliphatic imine (C=N–C) groups is 1. The van der Waals surface area contributed by atoms with Crippen molar-refractivity contribution in [3.8, 4) is 5.75 Å². The molecule has 21 heteroatoms. The average molecular weight is 971 g/mol. The SMILES string of the molecule is CCC(=O)NCCNC(=O)/N=C(/N)NCCC[C@@H](NC(=O)[C@H](c1cccc(NCCCNC(=O)CCC(=O)NCCNC(=O)OC(C)(C)C)c1)N1Cc2ccccc2C1)C(=O)NCc1ccc(O)cc1. The molecule has 0 saturated heterocycles. The zero-order valence-electron chi connectivity index (χ0n) is 40.6. The van der Waals surface area contributed by atoms with E-state index < -0.39 is 35.7 Å². The third-order valence-electron chi connectivity index (χ3n) is 10.7. The first-order chi connectivity index (χ1) is 33.5. The van der Waals surface area contributed by atoms with Gasteiger partial charge in [0.15, 0.2) is 5.96 Å². The van der Waals surface area contributed by atoms with Crippen molar-refractivity contribution < 1.29 is 43.4 Å². The summed E-state index contributed by atoms with van der Waals surface area (Å²) in [5, 5.41) is 35.2. The summed E-state index contributed by atoms with van der Waals surface area (Å²) >= 11 is 0. The molecule has 21 nitrogen and oxygen atoms in total. The monoisotopic (exact) mass is 971 g/mol. The number of phenols is 1. The molecule has 4 rings (SSSR count). The van der Waals surface area contributed by atoms with Crippen LogP contribution in [0.4, 0.5) is 15.3 Å². The van der Waals surface area contributed by atoms with E-state index in [1.54, 1.807) is 39.8 Å². The van der Waals surface area contributed by atoms with Gasteiger partial charge in [-0.15, -0.1) is 0 Å². The number of carbonyl (C=O) groups is 7. The van der Waals surface area contributed by atoms with E-state index in [1.807, 2.05) is 48.5 Å². The van der Waals surface area contributed by atoms with Crippen molar-refractivity contribution in [2.45, 2.75) is 104 Å². The highest BCUT2D eigenvalue weighted by molar-refractivity contribution is 5.92. The van der Waals surface area contributed by atoms with Crippen LogP contribution in [0.3, 0.4) is 0 Å². The number of phenolic OH excluding ortho intramolecular Hbond substituents is 1. The van der Waals surface area contributed by atoms with Crippen LogP contribution in [-0.2, 0) is 48.3 Å². The van der Waals surface area contributed by atoms with Gasteiger partial charge in [0.2, 0.25) is 29.5 Å². The molecule has 1 heterocycles. The first-order valence-corrected chi connectivity index (χ1v) is 23.6. The van der Waals surface area contributed by atoms with E-state index in [0.29, 0.717) is 51.0 Å². The first kappa shape index (κ1) is 55.2. The lowest BCUT2D eigenvalue weighted by Crippen LogP contribution is -2.50. The summed E-state index contributed by atoms with van der Waals surface area (Å²) in [5.41, 5.74) is 9.71. The number of carbonyl (C=O) groups excluding carboxylic acids is 7. The Balaban J connectivity index is 1.35. The fourth-order valence-corrected chi connectivity index (χ4v) is 7.18. The molecule has 8 amide bonds. The Hall–Kier alpha value is -7.42. The normalized spacial score (nSPS) is 13.1. The number of urea groups is 1. The second-order valence-corrected chi connectivity index (χ2v) is 17.6. The van der Waals surface area contributed by atoms with Crippen molar-refractivity contribution in [3.05, 3.63) is 95.1 Å². The summed E-state index contributed by atoms with van der Waals surface area (Å²) in [7, 11) is 0. The number of nitrogens with zero attached hydrogens (tertiary/aromatic N) is 2. The highest BCUT2D eigenvalue weighted by Gasteiger charge is 2.34. The first-order valence-electron chi connectivity index (χ1n) is 23.6. The zero-order chi connectivity index (χ0) is 50.9. The molecule has 3 aromatic carbocycles. The highest BCUT2D eigenvalue weighted by atomic mass is 16.6. The second-order valence-electron chi connectivity index (χ2n) is 17.6. The molecular weight excluding hydrogens is 901 g/mol. The lowest BCUT2D eigenvalue weighted by molar-refractivity contribution is -0.132. The molecule has 1 aliphatic rings. The van der Waals surface area contributed by atoms with E-state index in [2.05, 4.69) is 57.7 Å². The minimum atomic E-state index is -0.974. The van der Waals surface area contributed by atoms with E-state index in [1.165, 1.54) is 12.1 Å². The van der Waals surface area contributed by atoms with Gasteiger partial charge >= 0.3 is 12.1 Å². The van der Waals surface area contributed by atoms with Crippen molar-refractivity contribution in [3.63, 3.8) is 0 Å². The van der Waals surface area contributed by atoms with Gasteiger partial charge in [0.1, 0.15) is 23.4 Å². The maximum absolute atomic E-state index is 14.6. The third-order valence-corrected chi connectivity index (χ3v) is 10.7. The molecule has 0 fully saturated rings. The predicted molar refractivity (Wildman–Crippen MR) is 265 cm³/mol. The number of benzene rings is 3. The largest absolute Gasteiger partial charge is 0.508 e. The van der Waals surface area contributed by atoms with Gasteiger partial charge in [0, 0.05) is 90.4 Å². The van der Waals surface area contributed by atoms with Crippen molar-refractivity contribution in [1.82, 2.24) is 47.4 Å². The topological polar surface area (TPSA) is 299 Å². The van der Waals surface area contributed by atoms with E-state index in [9.17, 15) is 38.7 Å². The number of ether oxygens (including phenoxy) is 1. The molecule has 0 radical (unpaired) electrons. The van der Waals surface area contributed by atoms with Gasteiger partial charge in [-0.2, -0.15) is 4.99 Å². The van der Waals surface area contributed by atoms with Crippen LogP contribution in [0, 0.1) is 0 Å². The Bertz CT molecular complexity index is 2230. The standard InChI is InChI=1S/C49H70N12O9/c1-5-40(63)53-25-27-56-47(68)60-46(50)55-22-9-15-39(44(66)58-30-33-16-18-38(62)19-17-33)59-45(67)43(61-31-35-11-6-7-12-36(35)32-61)34-13-8-14-37(29-34)51-23-10-24-52-41(64)20-21-42(65)54-26-28-57-48(69)70-49(2,3)4/h6-8,11-14,16-19,29,39,43,51,62H,5,9-10,15,20-28,30-32H2,1-4H3,(H,52,64)(H,53,63)(H,54,65)(H,57,69)(H,58,66)(H,59,67)(H4,50,55,56,60,68)/t39-,43+/m1/s1. The van der Waals surface area contributed by atoms with Crippen LogP contribution in [0.5, 0.6) is 5.75 Å². The number of nitrogens with two attached hydrogens (primary N) is 1. The number of amides is 8. The maximum atomic E-state index is 14.6. The van der Waals surface area contributed by atoms with Crippen molar-refractivity contribution in [2.24, 2.45) is 10.7 Å². The number of alkyl carbamates (subject to hydrolysis) is 1. The summed E-state index contributed by atoms with van der Waals surface area (Å²) in [6.45, 7) is 10.0. The number of anilines is 1. The number of rotatable bonds is 26. The number of guanidine groups is 1. The Morgan fingerprint density at radius 1 is 0.700 bits per heavy atom. The van der Waals surface area contributed by atoms with Gasteiger partial charge in [-0.05, 0) is 86.6 Å². The summed E-state index contributed by atoms with van der Waals surface area (Å²) in [4.78, 5) is 94.4. The summed E-state index contributed by atoms with van der Waals surface area (Å²) in [6.07, 6.45) is 0.885. The number of fused-ring (bicyclic) bond motifs is 1. The van der Waals surface area contributed by atoms with E-state index >= 15 is 0 Å². The minimum Gasteiger partial charge on any atom is -0.508 e. The second kappa shape index (κ2) is 28.8. The fraction of sp³-hybridized carbons (Fsp3) is 0.469. The molecule has 12 N–H and O–H groups in total. The molecule has 3 aromatic rings. The molecule has 380 valence electrons. The quantitative estimate of drug-likeness (QED) is 0.0314. The maximum Gasteiger partial charge on any atom is 0.407 e. The van der Waals surface area contributed by atoms with E-state index in [-0.39, 0.29) is 93.9 Å². The number of nitrogens with one attached hydrogen (secondary N) is 9. The third kappa shape index (κ3) is 20.8. The number of aromatic hydroxyl groups is 1. The van der Waals surface area contributed by atoms with Gasteiger partial charge in [-0.3, -0.25) is 28.9 Å². The molecule has 0 unspecified atom stereocenters. The molecule has 70 heavy (non-hydrogen) atoms. The lowest BCUT2D eigenvalue weighted by atomic mass is 10.0.